The van der Waals surface area contributed by atoms with Crippen LogP contribution in [0.2, 0.25) is 0 Å². The summed E-state index contributed by atoms with van der Waals surface area (Å²) in [5.74, 6) is 0. The Morgan fingerprint density at radius 2 is 1.89 bits per heavy atom. The van der Waals surface area contributed by atoms with Crippen molar-refractivity contribution in [3.8, 4) is 0 Å². The fraction of sp³-hybridized carbons (Fsp3) is 0.455. The number of rotatable bonds is 5. The molecule has 19 heavy (non-hydrogen) atoms. The molecule has 1 N–H and O–H groups in total. The van der Waals surface area contributed by atoms with Crippen molar-refractivity contribution in [3.05, 3.63) is 34.4 Å². The summed E-state index contributed by atoms with van der Waals surface area (Å²) in [6, 6.07) is 5.12. The molecule has 0 saturated heterocycles. The van der Waals surface area contributed by atoms with Crippen LogP contribution in [0.1, 0.15) is 13.8 Å². The lowest BCUT2D eigenvalue weighted by molar-refractivity contribution is -0.387. The maximum Gasteiger partial charge on any atom is 0.289 e. The topological polar surface area (TPSA) is 101 Å². The fourth-order valence-corrected chi connectivity index (χ4v) is 3.10. The highest BCUT2D eigenvalue weighted by Crippen LogP contribution is 2.26. The lowest BCUT2D eigenvalue weighted by atomic mass is 10.1. The van der Waals surface area contributed by atoms with E-state index in [2.05, 4.69) is 0 Å². The minimum Gasteiger partial charge on any atom is -0.389 e. The monoisotopic (exact) mass is 288 g/mol. The van der Waals surface area contributed by atoms with Crippen LogP contribution in [-0.2, 0) is 10.0 Å². The number of hydrogen-bond donors (Lipinski definition) is 1. The molecule has 0 saturated carbocycles. The van der Waals surface area contributed by atoms with Crippen molar-refractivity contribution in [1.29, 1.82) is 0 Å². The Bertz CT molecular complexity index is 577. The number of nitrogens with zero attached hydrogens (tertiary/aromatic N) is 2. The quantitative estimate of drug-likeness (QED) is 0.643. The van der Waals surface area contributed by atoms with E-state index < -0.39 is 26.2 Å². The number of nitro benzene ring substituents is 1. The first-order valence-electron chi connectivity index (χ1n) is 5.48. The SMILES string of the molecule is CN(CC(C)(C)O)S(=O)(=O)c1ccccc1[N+](=O)[O-]. The van der Waals surface area contributed by atoms with Gasteiger partial charge < -0.3 is 5.11 Å². The minimum atomic E-state index is -4.02. The summed E-state index contributed by atoms with van der Waals surface area (Å²) in [6.45, 7) is 2.75. The Kier molecular flexibility index (Phi) is 4.28. The van der Waals surface area contributed by atoms with Crippen LogP contribution in [0.25, 0.3) is 0 Å². The second kappa shape index (κ2) is 5.24. The molecule has 0 fully saturated rings. The van der Waals surface area contributed by atoms with E-state index in [4.69, 9.17) is 0 Å². The van der Waals surface area contributed by atoms with Gasteiger partial charge in [0.25, 0.3) is 5.69 Å². The highest BCUT2D eigenvalue weighted by Gasteiger charge is 2.31. The third-order valence-electron chi connectivity index (χ3n) is 2.36. The van der Waals surface area contributed by atoms with E-state index in [0.29, 0.717) is 0 Å². The van der Waals surface area contributed by atoms with Crippen LogP contribution in [-0.4, -0.2) is 41.9 Å². The van der Waals surface area contributed by atoms with Crippen LogP contribution in [0.4, 0.5) is 5.69 Å². The molecule has 0 aliphatic rings. The van der Waals surface area contributed by atoms with Crippen LogP contribution < -0.4 is 0 Å². The summed E-state index contributed by atoms with van der Waals surface area (Å²) < 4.78 is 25.4. The van der Waals surface area contributed by atoms with E-state index in [0.717, 1.165) is 10.4 Å². The Balaban J connectivity index is 3.25. The van der Waals surface area contributed by atoms with Crippen molar-refractivity contribution in [1.82, 2.24) is 4.31 Å². The molecule has 0 aliphatic carbocycles. The van der Waals surface area contributed by atoms with E-state index in [1.54, 1.807) is 0 Å². The summed E-state index contributed by atoms with van der Waals surface area (Å²) in [4.78, 5) is 9.72. The smallest absolute Gasteiger partial charge is 0.289 e. The Hall–Kier alpha value is -1.51. The second-order valence-corrected chi connectivity index (χ2v) is 6.81. The fourth-order valence-electron chi connectivity index (χ4n) is 1.62. The molecule has 1 aromatic rings. The van der Waals surface area contributed by atoms with Gasteiger partial charge in [-0.05, 0) is 19.9 Å². The summed E-state index contributed by atoms with van der Waals surface area (Å²) >= 11 is 0. The predicted octanol–water partition coefficient (Wildman–Crippen LogP) is 0.986. The lowest BCUT2D eigenvalue weighted by Gasteiger charge is -2.24. The predicted molar refractivity (Wildman–Crippen MR) is 69.2 cm³/mol. The Morgan fingerprint density at radius 1 is 1.37 bits per heavy atom. The third-order valence-corrected chi connectivity index (χ3v) is 4.21. The van der Waals surface area contributed by atoms with Gasteiger partial charge in [0, 0.05) is 19.7 Å². The summed E-state index contributed by atoms with van der Waals surface area (Å²) in [6.07, 6.45) is 0. The van der Waals surface area contributed by atoms with Crippen LogP contribution in [0, 0.1) is 10.1 Å². The molecule has 1 aromatic carbocycles. The van der Waals surface area contributed by atoms with Gasteiger partial charge in [0.15, 0.2) is 4.90 Å². The number of likely N-dealkylation sites (N-methyl/N-ethyl adjacent to an activating group) is 1. The van der Waals surface area contributed by atoms with Crippen molar-refractivity contribution in [2.45, 2.75) is 24.3 Å². The zero-order valence-corrected chi connectivity index (χ0v) is 11.7. The van der Waals surface area contributed by atoms with Crippen LogP contribution in [0.15, 0.2) is 29.2 Å². The molecule has 0 bridgehead atoms. The van der Waals surface area contributed by atoms with Gasteiger partial charge in [-0.1, -0.05) is 12.1 Å². The van der Waals surface area contributed by atoms with Gasteiger partial charge in [-0.2, -0.15) is 4.31 Å². The molecule has 1 rings (SSSR count). The second-order valence-electron chi connectivity index (χ2n) is 4.80. The third kappa shape index (κ3) is 3.72. The normalized spacial score (nSPS) is 12.7. The summed E-state index contributed by atoms with van der Waals surface area (Å²) in [7, 11) is -2.75. The molecule has 0 spiro atoms. The van der Waals surface area contributed by atoms with Crippen molar-refractivity contribution in [2.24, 2.45) is 0 Å². The van der Waals surface area contributed by atoms with Crippen molar-refractivity contribution in [3.63, 3.8) is 0 Å². The average Bonchev–Trinajstić information content (AvgIpc) is 2.26. The van der Waals surface area contributed by atoms with E-state index >= 15 is 0 Å². The van der Waals surface area contributed by atoms with Crippen molar-refractivity contribution < 1.29 is 18.4 Å². The number of benzene rings is 1. The van der Waals surface area contributed by atoms with Gasteiger partial charge in [-0.25, -0.2) is 8.42 Å². The standard InChI is InChI=1S/C11H16N2O5S/c1-11(2,14)8-12(3)19(17,18)10-7-5-4-6-9(10)13(15)16/h4-7,14H,8H2,1-3H3. The van der Waals surface area contributed by atoms with Gasteiger partial charge in [0.1, 0.15) is 0 Å². The maximum absolute atomic E-state index is 12.2. The van der Waals surface area contributed by atoms with Crippen LogP contribution in [0.3, 0.4) is 0 Å². The molecule has 106 valence electrons. The number of sulfonamides is 1. The Labute approximate surface area is 111 Å². The molecule has 0 amide bonds. The first-order valence-corrected chi connectivity index (χ1v) is 6.92. The molecule has 0 radical (unpaired) electrons. The van der Waals surface area contributed by atoms with E-state index in [-0.39, 0.29) is 11.4 Å². The number of nitro groups is 1. The van der Waals surface area contributed by atoms with Crippen LogP contribution >= 0.6 is 0 Å². The highest BCUT2D eigenvalue weighted by atomic mass is 32.2. The Morgan fingerprint density at radius 3 is 2.37 bits per heavy atom. The number of para-hydroxylation sites is 1. The molecule has 0 aliphatic heterocycles. The summed E-state index contributed by atoms with van der Waals surface area (Å²) in [5, 5.41) is 20.5. The van der Waals surface area contributed by atoms with Gasteiger partial charge in [0.05, 0.1) is 10.5 Å². The number of aliphatic hydroxyl groups is 1. The van der Waals surface area contributed by atoms with Gasteiger partial charge >= 0.3 is 0 Å². The highest BCUT2D eigenvalue weighted by molar-refractivity contribution is 7.89. The van der Waals surface area contributed by atoms with Crippen molar-refractivity contribution >= 4 is 15.7 Å². The zero-order chi connectivity index (χ0) is 14.8. The molecule has 7 nitrogen and oxygen atoms in total. The van der Waals surface area contributed by atoms with Crippen molar-refractivity contribution in [2.75, 3.05) is 13.6 Å². The molecular formula is C11H16N2O5S. The molecule has 0 atom stereocenters. The maximum atomic E-state index is 12.2. The molecule has 0 heterocycles. The molecular weight excluding hydrogens is 272 g/mol. The summed E-state index contributed by atoms with van der Waals surface area (Å²) in [5.41, 5.74) is -1.71. The van der Waals surface area contributed by atoms with Crippen LogP contribution in [0.5, 0.6) is 0 Å². The van der Waals surface area contributed by atoms with Gasteiger partial charge in [0.2, 0.25) is 10.0 Å². The lowest BCUT2D eigenvalue weighted by Crippen LogP contribution is -2.39. The zero-order valence-electron chi connectivity index (χ0n) is 10.9. The van der Waals surface area contributed by atoms with Gasteiger partial charge in [-0.3, -0.25) is 10.1 Å². The largest absolute Gasteiger partial charge is 0.389 e. The molecule has 8 heteroatoms. The van der Waals surface area contributed by atoms with E-state index in [9.17, 15) is 23.6 Å². The number of hydrogen-bond acceptors (Lipinski definition) is 5. The first kappa shape index (κ1) is 15.5. The molecule has 0 aromatic heterocycles. The molecule has 0 unspecified atom stereocenters. The van der Waals surface area contributed by atoms with Gasteiger partial charge in [-0.15, -0.1) is 0 Å². The van der Waals surface area contributed by atoms with E-state index in [1.807, 2.05) is 0 Å². The van der Waals surface area contributed by atoms with E-state index in [1.165, 1.54) is 39.1 Å². The minimum absolute atomic E-state index is 0.165. The first-order chi connectivity index (χ1) is 8.55. The average molecular weight is 288 g/mol.